The topological polar surface area (TPSA) is 133 Å². The molecule has 34 heavy (non-hydrogen) atoms. The van der Waals surface area contributed by atoms with E-state index in [4.69, 9.17) is 5.73 Å². The van der Waals surface area contributed by atoms with Gasteiger partial charge in [0.05, 0.1) is 22.9 Å². The molecule has 2 heterocycles. The Labute approximate surface area is 200 Å². The van der Waals surface area contributed by atoms with Gasteiger partial charge in [-0.3, -0.25) is 14.3 Å². The van der Waals surface area contributed by atoms with Gasteiger partial charge in [0.25, 0.3) is 5.56 Å². The number of anilines is 4. The van der Waals surface area contributed by atoms with E-state index in [0.717, 1.165) is 11.4 Å². The van der Waals surface area contributed by atoms with Crippen LogP contribution in [0, 0.1) is 6.92 Å². The summed E-state index contributed by atoms with van der Waals surface area (Å²) in [6, 6.07) is 18.7. The van der Waals surface area contributed by atoms with E-state index in [1.165, 1.54) is 16.4 Å². The highest BCUT2D eigenvalue weighted by Gasteiger charge is 2.18. The first kappa shape index (κ1) is 23.1. The van der Waals surface area contributed by atoms with E-state index in [1.54, 1.807) is 18.7 Å². The van der Waals surface area contributed by atoms with Gasteiger partial charge in [-0.1, -0.05) is 36.4 Å². The molecule has 0 aliphatic carbocycles. The molecule has 11 heteroatoms. The van der Waals surface area contributed by atoms with Crippen LogP contribution in [0.3, 0.4) is 0 Å². The zero-order valence-electron chi connectivity index (χ0n) is 18.7. The van der Waals surface area contributed by atoms with E-state index in [1.807, 2.05) is 60.7 Å². The molecule has 174 valence electrons. The van der Waals surface area contributed by atoms with Crippen molar-refractivity contribution in [1.29, 1.82) is 0 Å². The Morgan fingerprint density at radius 2 is 1.71 bits per heavy atom. The highest BCUT2D eigenvalue weighted by atomic mass is 32.2. The molecular formula is C23H24N8O2S. The summed E-state index contributed by atoms with van der Waals surface area (Å²) in [6.45, 7) is 1.79. The van der Waals surface area contributed by atoms with Gasteiger partial charge in [0, 0.05) is 12.7 Å². The van der Waals surface area contributed by atoms with Crippen LogP contribution in [0.25, 0.3) is 5.69 Å². The van der Waals surface area contributed by atoms with Crippen LogP contribution in [-0.2, 0) is 17.6 Å². The number of para-hydroxylation sites is 2. The third-order valence-corrected chi connectivity index (χ3v) is 5.94. The van der Waals surface area contributed by atoms with Gasteiger partial charge in [-0.25, -0.2) is 4.68 Å². The summed E-state index contributed by atoms with van der Waals surface area (Å²) in [5, 5.41) is 5.83. The maximum absolute atomic E-state index is 12.9. The van der Waals surface area contributed by atoms with Crippen molar-refractivity contribution < 1.29 is 4.79 Å². The second-order valence-corrected chi connectivity index (χ2v) is 8.39. The van der Waals surface area contributed by atoms with Gasteiger partial charge in [-0.15, -0.1) is 11.8 Å². The van der Waals surface area contributed by atoms with E-state index in [2.05, 4.69) is 25.6 Å². The summed E-state index contributed by atoms with van der Waals surface area (Å²) in [6.07, 6.45) is 0. The molecule has 0 unspecified atom stereocenters. The Bertz CT molecular complexity index is 1350. The summed E-state index contributed by atoms with van der Waals surface area (Å²) in [7, 11) is 1.78. The molecule has 0 fully saturated rings. The number of nitrogens with zero attached hydrogens (tertiary/aromatic N) is 5. The standard InChI is InChI=1S/C23H24N8O2S/c1-15-20(21(33)31(30(15)2)17-11-7-4-8-12-17)28-19(32)14-34-13-18-26-22(24)29-23(27-18)25-16-9-5-3-6-10-16/h3-12H,13-14H2,1-2H3,(H,28,32)(H3,24,25,26,27,29). The lowest BCUT2D eigenvalue weighted by molar-refractivity contribution is -0.113. The van der Waals surface area contributed by atoms with Crippen molar-refractivity contribution in [3.8, 4) is 5.69 Å². The number of nitrogen functional groups attached to an aromatic ring is 1. The predicted octanol–water partition coefficient (Wildman–Crippen LogP) is 2.87. The minimum absolute atomic E-state index is 0.0925. The molecule has 2 aromatic carbocycles. The Morgan fingerprint density at radius 3 is 2.41 bits per heavy atom. The van der Waals surface area contributed by atoms with Crippen LogP contribution in [0.1, 0.15) is 11.5 Å². The zero-order chi connectivity index (χ0) is 24.1. The van der Waals surface area contributed by atoms with Crippen LogP contribution >= 0.6 is 11.8 Å². The van der Waals surface area contributed by atoms with Crippen LogP contribution in [0.2, 0.25) is 0 Å². The summed E-state index contributed by atoms with van der Waals surface area (Å²) in [4.78, 5) is 38.1. The van der Waals surface area contributed by atoms with Crippen LogP contribution in [0.4, 0.5) is 23.3 Å². The number of nitrogens with two attached hydrogens (primary N) is 1. The fourth-order valence-corrected chi connectivity index (χ4v) is 4.00. The zero-order valence-corrected chi connectivity index (χ0v) is 19.5. The number of nitrogens with one attached hydrogen (secondary N) is 2. The van der Waals surface area contributed by atoms with E-state index in [-0.39, 0.29) is 28.9 Å². The Kier molecular flexibility index (Phi) is 6.93. The lowest BCUT2D eigenvalue weighted by atomic mass is 10.3. The molecule has 0 aliphatic heterocycles. The van der Waals surface area contributed by atoms with Crippen molar-refractivity contribution in [2.24, 2.45) is 7.05 Å². The van der Waals surface area contributed by atoms with Gasteiger partial charge < -0.3 is 16.4 Å². The van der Waals surface area contributed by atoms with Crippen molar-refractivity contribution in [3.05, 3.63) is 82.5 Å². The van der Waals surface area contributed by atoms with Crippen LogP contribution < -0.4 is 21.9 Å². The maximum Gasteiger partial charge on any atom is 0.295 e. The summed E-state index contributed by atoms with van der Waals surface area (Å²) >= 11 is 1.31. The average Bonchev–Trinajstić information content (AvgIpc) is 3.03. The fourth-order valence-electron chi connectivity index (χ4n) is 3.33. The first-order valence-electron chi connectivity index (χ1n) is 10.5. The highest BCUT2D eigenvalue weighted by Crippen LogP contribution is 2.17. The Balaban J connectivity index is 1.39. The first-order chi connectivity index (χ1) is 16.4. The van der Waals surface area contributed by atoms with E-state index < -0.39 is 0 Å². The molecule has 0 radical (unpaired) electrons. The Morgan fingerprint density at radius 1 is 1.03 bits per heavy atom. The SMILES string of the molecule is Cc1c(NC(=O)CSCc2nc(N)nc(Nc3ccccc3)n2)c(=O)n(-c2ccccc2)n1C. The summed E-state index contributed by atoms with van der Waals surface area (Å²) < 4.78 is 3.24. The molecule has 0 spiro atoms. The highest BCUT2D eigenvalue weighted by molar-refractivity contribution is 7.99. The van der Waals surface area contributed by atoms with Gasteiger partial charge >= 0.3 is 0 Å². The molecule has 10 nitrogen and oxygen atoms in total. The molecule has 0 saturated carbocycles. The maximum atomic E-state index is 12.9. The normalized spacial score (nSPS) is 10.8. The number of amides is 1. The lowest BCUT2D eigenvalue weighted by Gasteiger charge is -2.07. The molecule has 4 aromatic rings. The first-order valence-corrected chi connectivity index (χ1v) is 11.6. The second-order valence-electron chi connectivity index (χ2n) is 7.40. The van der Waals surface area contributed by atoms with Gasteiger partial charge in [0.15, 0.2) is 0 Å². The van der Waals surface area contributed by atoms with Crippen molar-refractivity contribution in [1.82, 2.24) is 24.3 Å². The molecule has 2 aromatic heterocycles. The van der Waals surface area contributed by atoms with Gasteiger partial charge in [-0.2, -0.15) is 15.0 Å². The second kappa shape index (κ2) is 10.2. The third-order valence-electron chi connectivity index (χ3n) is 5.01. The minimum Gasteiger partial charge on any atom is -0.368 e. The summed E-state index contributed by atoms with van der Waals surface area (Å²) in [5.41, 5.74) is 8.00. The molecular weight excluding hydrogens is 452 g/mol. The fraction of sp³-hybridized carbons (Fsp3) is 0.174. The minimum atomic E-state index is -0.291. The summed E-state index contributed by atoms with van der Waals surface area (Å²) in [5.74, 6) is 1.05. The van der Waals surface area contributed by atoms with Crippen LogP contribution in [0.5, 0.6) is 0 Å². The van der Waals surface area contributed by atoms with Crippen LogP contribution in [-0.4, -0.2) is 36.0 Å². The van der Waals surface area contributed by atoms with Gasteiger partial charge in [0.1, 0.15) is 11.5 Å². The monoisotopic (exact) mass is 476 g/mol. The average molecular weight is 477 g/mol. The molecule has 0 bridgehead atoms. The Hall–Kier alpha value is -4.12. The van der Waals surface area contributed by atoms with Crippen molar-refractivity contribution in [2.45, 2.75) is 12.7 Å². The van der Waals surface area contributed by atoms with Crippen molar-refractivity contribution in [2.75, 3.05) is 22.1 Å². The largest absolute Gasteiger partial charge is 0.368 e. The lowest BCUT2D eigenvalue weighted by Crippen LogP contribution is -2.23. The van der Waals surface area contributed by atoms with Crippen molar-refractivity contribution >= 4 is 40.9 Å². The number of aromatic nitrogens is 5. The molecule has 4 rings (SSSR count). The number of carbonyl (C=O) groups excluding carboxylic acids is 1. The van der Waals surface area contributed by atoms with E-state index >= 15 is 0 Å². The van der Waals surface area contributed by atoms with Crippen molar-refractivity contribution in [3.63, 3.8) is 0 Å². The molecule has 0 atom stereocenters. The number of benzene rings is 2. The number of carbonyl (C=O) groups is 1. The van der Waals surface area contributed by atoms with Gasteiger partial charge in [0.2, 0.25) is 17.8 Å². The molecule has 1 amide bonds. The molecule has 4 N–H and O–H groups in total. The predicted molar refractivity (Wildman–Crippen MR) is 135 cm³/mol. The third kappa shape index (κ3) is 5.26. The van der Waals surface area contributed by atoms with E-state index in [0.29, 0.717) is 23.2 Å². The van der Waals surface area contributed by atoms with Crippen LogP contribution in [0.15, 0.2) is 65.5 Å². The quantitative estimate of drug-likeness (QED) is 0.354. The van der Waals surface area contributed by atoms with E-state index in [9.17, 15) is 9.59 Å². The number of thioether (sulfide) groups is 1. The molecule has 0 saturated heterocycles. The number of hydrogen-bond donors (Lipinski definition) is 3. The smallest absolute Gasteiger partial charge is 0.295 e. The molecule has 0 aliphatic rings. The number of rotatable bonds is 8. The number of hydrogen-bond acceptors (Lipinski definition) is 8. The van der Waals surface area contributed by atoms with Gasteiger partial charge in [-0.05, 0) is 31.2 Å².